The summed E-state index contributed by atoms with van der Waals surface area (Å²) >= 11 is 0. The first-order valence-corrected chi connectivity index (χ1v) is 16.0. The van der Waals surface area contributed by atoms with Crippen LogP contribution < -0.4 is 24.6 Å². The normalized spacial score (nSPS) is 10.9. The summed E-state index contributed by atoms with van der Waals surface area (Å²) in [5.41, 5.74) is 1.45. The van der Waals surface area contributed by atoms with Crippen molar-refractivity contribution in [2.24, 2.45) is 0 Å². The quantitative estimate of drug-likeness (QED) is 0.119. The highest BCUT2D eigenvalue weighted by molar-refractivity contribution is 6.12. The summed E-state index contributed by atoms with van der Waals surface area (Å²) < 4.78 is 36.1. The molecule has 268 valence electrons. The zero-order valence-corrected chi connectivity index (χ0v) is 29.7. The Morgan fingerprint density at radius 1 is 0.804 bits per heavy atom. The summed E-state index contributed by atoms with van der Waals surface area (Å²) in [5.74, 6) is -2.50. The van der Waals surface area contributed by atoms with E-state index in [-0.39, 0.29) is 29.0 Å². The van der Waals surface area contributed by atoms with Gasteiger partial charge in [-0.1, -0.05) is 30.3 Å². The van der Waals surface area contributed by atoms with Gasteiger partial charge in [0.2, 0.25) is 11.8 Å². The third-order valence-corrected chi connectivity index (χ3v) is 7.67. The number of benzene rings is 4. The second-order valence-electron chi connectivity index (χ2n) is 12.6. The van der Waals surface area contributed by atoms with E-state index in [1.807, 2.05) is 30.3 Å². The largest absolute Gasteiger partial charge is 0.497 e. The van der Waals surface area contributed by atoms with Crippen molar-refractivity contribution in [3.05, 3.63) is 113 Å². The molecule has 0 saturated carbocycles. The highest BCUT2D eigenvalue weighted by atomic mass is 19.1. The molecule has 0 heterocycles. The van der Waals surface area contributed by atoms with Gasteiger partial charge in [0.1, 0.15) is 29.3 Å². The molecule has 2 amide bonds. The molecule has 0 radical (unpaired) electrons. The van der Waals surface area contributed by atoms with Crippen LogP contribution in [0.4, 0.5) is 21.5 Å². The molecule has 0 aliphatic heterocycles. The van der Waals surface area contributed by atoms with E-state index in [0.717, 1.165) is 18.7 Å². The first kappa shape index (κ1) is 37.9. The number of hydrogen-bond acceptors (Lipinski definition) is 9. The van der Waals surface area contributed by atoms with Crippen molar-refractivity contribution in [2.75, 3.05) is 43.5 Å². The molecule has 11 nitrogen and oxygen atoms in total. The monoisotopic (exact) mass is 699 g/mol. The average Bonchev–Trinajstić information content (AvgIpc) is 3.10. The minimum atomic E-state index is -0.871. The fraction of sp³-hybridized carbons (Fsp3) is 0.282. The van der Waals surface area contributed by atoms with Crippen molar-refractivity contribution in [1.82, 2.24) is 0 Å². The predicted molar refractivity (Wildman–Crippen MR) is 192 cm³/mol. The highest BCUT2D eigenvalue weighted by Crippen LogP contribution is 2.33. The lowest BCUT2D eigenvalue weighted by atomic mass is 10.1. The van der Waals surface area contributed by atoms with E-state index in [9.17, 15) is 23.6 Å². The van der Waals surface area contributed by atoms with Crippen molar-refractivity contribution in [3.63, 3.8) is 0 Å². The lowest BCUT2D eigenvalue weighted by molar-refractivity contribution is -0.125. The summed E-state index contributed by atoms with van der Waals surface area (Å²) in [6.45, 7) is 5.59. The Bertz CT molecular complexity index is 1870. The number of ether oxygens (including phenoxy) is 4. The number of halogens is 1. The molecule has 0 bridgehead atoms. The highest BCUT2D eigenvalue weighted by Gasteiger charge is 2.26. The lowest BCUT2D eigenvalue weighted by Crippen LogP contribution is -2.34. The minimum Gasteiger partial charge on any atom is -0.497 e. The summed E-state index contributed by atoms with van der Waals surface area (Å²) in [6.07, 6.45) is -0.661. The number of amides is 2. The third-order valence-electron chi connectivity index (χ3n) is 7.67. The van der Waals surface area contributed by atoms with Crippen molar-refractivity contribution in [3.8, 4) is 11.5 Å². The SMILES string of the molecule is COC(=O)c1cc(F)cc(N(C)Cc2ccccc2)c1NC(=O)CC(=O)N(Cc1ccc(OC)cc1OC)c1ccc(C(=O)OC(C)(C)C)cc1. The molecule has 4 aromatic rings. The first-order chi connectivity index (χ1) is 24.2. The molecule has 0 aliphatic carbocycles. The fourth-order valence-corrected chi connectivity index (χ4v) is 5.25. The Labute approximate surface area is 296 Å². The van der Waals surface area contributed by atoms with Gasteiger partial charge < -0.3 is 34.1 Å². The topological polar surface area (TPSA) is 124 Å². The standard InChI is InChI=1S/C39H42FN3O8/c1-39(2,3)51-37(46)26-13-16-29(17-14-26)43(24-27-15-18-30(48-5)21-33(27)49-6)35(45)22-34(44)41-36-31(38(47)50-7)19-28(40)20-32(36)42(4)23-25-11-9-8-10-12-25/h8-21H,22-24H2,1-7H3,(H,41,44). The van der Waals surface area contributed by atoms with Gasteiger partial charge in [-0.05, 0) is 74.9 Å². The third kappa shape index (κ3) is 10.1. The molecule has 0 spiro atoms. The summed E-state index contributed by atoms with van der Waals surface area (Å²) in [7, 11) is 5.85. The molecule has 0 unspecified atom stereocenters. The van der Waals surface area contributed by atoms with Gasteiger partial charge in [-0.3, -0.25) is 9.59 Å². The number of nitrogens with one attached hydrogen (secondary N) is 1. The zero-order valence-electron chi connectivity index (χ0n) is 29.7. The maximum atomic E-state index is 14.9. The smallest absolute Gasteiger partial charge is 0.340 e. The number of hydrogen-bond donors (Lipinski definition) is 1. The molecule has 0 aromatic heterocycles. The molecule has 51 heavy (non-hydrogen) atoms. The van der Waals surface area contributed by atoms with Gasteiger partial charge in [-0.2, -0.15) is 0 Å². The van der Waals surface area contributed by atoms with Gasteiger partial charge in [0.15, 0.2) is 0 Å². The fourth-order valence-electron chi connectivity index (χ4n) is 5.25. The van der Waals surface area contributed by atoms with Crippen LogP contribution in [0.3, 0.4) is 0 Å². The first-order valence-electron chi connectivity index (χ1n) is 16.0. The van der Waals surface area contributed by atoms with E-state index in [1.165, 1.54) is 37.3 Å². The average molecular weight is 700 g/mol. The van der Waals surface area contributed by atoms with Gasteiger partial charge >= 0.3 is 11.9 Å². The van der Waals surface area contributed by atoms with Crippen LogP contribution in [0.1, 0.15) is 59.0 Å². The molecule has 0 atom stereocenters. The molecular formula is C39H42FN3O8. The molecule has 0 saturated heterocycles. The van der Waals surface area contributed by atoms with Crippen LogP contribution in [0.2, 0.25) is 0 Å². The van der Waals surface area contributed by atoms with Gasteiger partial charge in [-0.15, -0.1) is 0 Å². The van der Waals surface area contributed by atoms with E-state index < -0.39 is 41.6 Å². The number of methoxy groups -OCH3 is 3. The molecule has 4 aromatic carbocycles. The molecule has 12 heteroatoms. The van der Waals surface area contributed by atoms with E-state index in [2.05, 4.69) is 5.32 Å². The molecular weight excluding hydrogens is 657 g/mol. The van der Waals surface area contributed by atoms with Gasteiger partial charge in [0.05, 0.1) is 50.4 Å². The van der Waals surface area contributed by atoms with E-state index in [0.29, 0.717) is 29.3 Å². The number of carbonyl (C=O) groups is 4. The van der Waals surface area contributed by atoms with Crippen LogP contribution in [0.15, 0.2) is 84.9 Å². The van der Waals surface area contributed by atoms with Crippen molar-refractivity contribution >= 4 is 40.8 Å². The number of anilines is 3. The van der Waals surface area contributed by atoms with Crippen LogP contribution >= 0.6 is 0 Å². The maximum Gasteiger partial charge on any atom is 0.340 e. The Morgan fingerprint density at radius 2 is 1.49 bits per heavy atom. The number of carbonyl (C=O) groups excluding carboxylic acids is 4. The van der Waals surface area contributed by atoms with Crippen LogP contribution in [-0.2, 0) is 32.2 Å². The Hall–Kier alpha value is -5.91. The molecule has 0 fully saturated rings. The summed E-state index contributed by atoms with van der Waals surface area (Å²) in [4.78, 5) is 56.2. The summed E-state index contributed by atoms with van der Waals surface area (Å²) in [5, 5.41) is 2.67. The van der Waals surface area contributed by atoms with E-state index >= 15 is 0 Å². The maximum absolute atomic E-state index is 14.9. The predicted octanol–water partition coefficient (Wildman–Crippen LogP) is 6.78. The number of rotatable bonds is 13. The number of esters is 2. The van der Waals surface area contributed by atoms with Crippen molar-refractivity contribution in [1.29, 1.82) is 0 Å². The lowest BCUT2D eigenvalue weighted by Gasteiger charge is -2.26. The van der Waals surface area contributed by atoms with Crippen LogP contribution in [-0.4, -0.2) is 57.7 Å². The minimum absolute atomic E-state index is 0.00966. The van der Waals surface area contributed by atoms with Gasteiger partial charge in [0.25, 0.3) is 0 Å². The Kier molecular flexibility index (Phi) is 12.4. The second-order valence-corrected chi connectivity index (χ2v) is 12.6. The van der Waals surface area contributed by atoms with E-state index in [1.54, 1.807) is 63.1 Å². The molecule has 0 aliphatic rings. The number of nitrogens with zero attached hydrogens (tertiary/aromatic N) is 2. The van der Waals surface area contributed by atoms with Crippen LogP contribution in [0.5, 0.6) is 11.5 Å². The van der Waals surface area contributed by atoms with Crippen LogP contribution in [0, 0.1) is 5.82 Å². The molecule has 4 rings (SSSR count). The summed E-state index contributed by atoms with van der Waals surface area (Å²) in [6, 6.07) is 22.9. The van der Waals surface area contributed by atoms with Crippen molar-refractivity contribution < 1.29 is 42.5 Å². The molecule has 1 N–H and O–H groups in total. The van der Waals surface area contributed by atoms with Gasteiger partial charge in [0, 0.05) is 30.9 Å². The van der Waals surface area contributed by atoms with E-state index in [4.69, 9.17) is 18.9 Å². The Balaban J connectivity index is 1.67. The Morgan fingerprint density at radius 3 is 2.10 bits per heavy atom. The zero-order chi connectivity index (χ0) is 37.3. The second kappa shape index (κ2) is 16.7. The van der Waals surface area contributed by atoms with Gasteiger partial charge in [-0.25, -0.2) is 14.0 Å². The van der Waals surface area contributed by atoms with Crippen LogP contribution in [0.25, 0.3) is 0 Å². The van der Waals surface area contributed by atoms with Crippen molar-refractivity contribution in [2.45, 2.75) is 45.9 Å².